The molecule has 2 aliphatic rings. The topological polar surface area (TPSA) is 75.4 Å². The highest BCUT2D eigenvalue weighted by molar-refractivity contribution is 5.96. The van der Waals surface area contributed by atoms with Crippen molar-refractivity contribution in [1.29, 1.82) is 0 Å². The van der Waals surface area contributed by atoms with Gasteiger partial charge in [0.05, 0.1) is 0 Å². The predicted octanol–water partition coefficient (Wildman–Crippen LogP) is 0.512. The van der Waals surface area contributed by atoms with Crippen molar-refractivity contribution in [3.05, 3.63) is 17.5 Å². The first-order valence-corrected chi connectivity index (χ1v) is 6.22. The summed E-state index contributed by atoms with van der Waals surface area (Å²) in [6.07, 6.45) is 2.21. The van der Waals surface area contributed by atoms with E-state index in [2.05, 4.69) is 10.5 Å². The number of amides is 2. The van der Waals surface area contributed by atoms with Gasteiger partial charge in [-0.05, 0) is 19.8 Å². The number of nitrogens with one attached hydrogen (secondary N) is 1. The first-order chi connectivity index (χ1) is 8.66. The summed E-state index contributed by atoms with van der Waals surface area (Å²) in [4.78, 5) is 25.3. The van der Waals surface area contributed by atoms with E-state index in [9.17, 15) is 9.59 Å². The molecule has 6 nitrogen and oxygen atoms in total. The highest BCUT2D eigenvalue weighted by Crippen LogP contribution is 2.40. The van der Waals surface area contributed by atoms with Crippen LogP contribution < -0.4 is 5.32 Å². The Labute approximate surface area is 104 Å². The average Bonchev–Trinajstić information content (AvgIpc) is 3.10. The quantitative estimate of drug-likeness (QED) is 0.828. The van der Waals surface area contributed by atoms with Crippen LogP contribution in [0.15, 0.2) is 10.6 Å². The van der Waals surface area contributed by atoms with Crippen LogP contribution in [0.5, 0.6) is 0 Å². The van der Waals surface area contributed by atoms with Crippen LogP contribution in [0.1, 0.15) is 41.9 Å². The van der Waals surface area contributed by atoms with Crippen LogP contribution in [0, 0.1) is 0 Å². The van der Waals surface area contributed by atoms with Crippen LogP contribution in [0.25, 0.3) is 0 Å². The summed E-state index contributed by atoms with van der Waals surface area (Å²) in [5, 5.41) is 6.54. The van der Waals surface area contributed by atoms with E-state index >= 15 is 0 Å². The van der Waals surface area contributed by atoms with Crippen LogP contribution in [0.2, 0.25) is 0 Å². The first kappa shape index (κ1) is 11.3. The van der Waals surface area contributed by atoms with Crippen molar-refractivity contribution in [2.45, 2.75) is 31.7 Å². The number of hydrogen-bond acceptors (Lipinski definition) is 4. The van der Waals surface area contributed by atoms with Crippen LogP contribution in [0.3, 0.4) is 0 Å². The Morgan fingerprint density at radius 2 is 2.33 bits per heavy atom. The van der Waals surface area contributed by atoms with Gasteiger partial charge in [-0.2, -0.15) is 0 Å². The molecular formula is C12H15N3O3. The second kappa shape index (κ2) is 4.12. The van der Waals surface area contributed by atoms with Gasteiger partial charge < -0.3 is 14.7 Å². The van der Waals surface area contributed by atoms with Crippen LogP contribution in [0.4, 0.5) is 0 Å². The van der Waals surface area contributed by atoms with Gasteiger partial charge in [0.2, 0.25) is 5.91 Å². The average molecular weight is 249 g/mol. The van der Waals surface area contributed by atoms with Crippen molar-refractivity contribution < 1.29 is 14.1 Å². The van der Waals surface area contributed by atoms with Crippen molar-refractivity contribution in [1.82, 2.24) is 15.4 Å². The molecule has 0 aromatic carbocycles. The van der Waals surface area contributed by atoms with E-state index in [1.165, 1.54) is 4.90 Å². The van der Waals surface area contributed by atoms with Crippen LogP contribution in [-0.2, 0) is 4.79 Å². The Kier molecular flexibility index (Phi) is 2.57. The van der Waals surface area contributed by atoms with Crippen molar-refractivity contribution in [3.8, 4) is 0 Å². The molecule has 1 aliphatic heterocycles. The Hall–Kier alpha value is -1.85. The smallest absolute Gasteiger partial charge is 0.276 e. The molecule has 0 bridgehead atoms. The molecule has 2 fully saturated rings. The molecule has 1 saturated heterocycles. The molecule has 6 heteroatoms. The number of rotatable bonds is 2. The Morgan fingerprint density at radius 3 is 3.06 bits per heavy atom. The van der Waals surface area contributed by atoms with E-state index in [0.717, 1.165) is 18.6 Å². The largest absolute Gasteiger partial charge is 0.360 e. The number of nitrogens with zero attached hydrogens (tertiary/aromatic N) is 2. The summed E-state index contributed by atoms with van der Waals surface area (Å²) in [5.41, 5.74) is 0.304. The van der Waals surface area contributed by atoms with E-state index in [0.29, 0.717) is 24.7 Å². The third-order valence-corrected chi connectivity index (χ3v) is 3.49. The molecule has 1 aliphatic carbocycles. The first-order valence-electron chi connectivity index (χ1n) is 6.22. The summed E-state index contributed by atoms with van der Waals surface area (Å²) in [7, 11) is 0. The summed E-state index contributed by atoms with van der Waals surface area (Å²) >= 11 is 0. The zero-order valence-corrected chi connectivity index (χ0v) is 10.2. The highest BCUT2D eigenvalue weighted by atomic mass is 16.5. The molecule has 1 atom stereocenters. The fourth-order valence-corrected chi connectivity index (χ4v) is 2.16. The maximum absolute atomic E-state index is 12.2. The van der Waals surface area contributed by atoms with Gasteiger partial charge in [-0.1, -0.05) is 5.16 Å². The SMILES string of the molecule is CC1C(=O)NCCN1C(=O)c1cc(C2CC2)on1. The molecule has 1 aromatic heterocycles. The van der Waals surface area contributed by atoms with Crippen LogP contribution in [-0.4, -0.2) is 41.0 Å². The van der Waals surface area contributed by atoms with E-state index in [4.69, 9.17) is 4.52 Å². The minimum absolute atomic E-state index is 0.125. The Bertz CT molecular complexity index is 493. The van der Waals surface area contributed by atoms with Gasteiger partial charge in [-0.25, -0.2) is 0 Å². The third kappa shape index (κ3) is 1.87. The molecule has 1 aromatic rings. The summed E-state index contributed by atoms with van der Waals surface area (Å²) in [6, 6.07) is 1.26. The second-order valence-electron chi connectivity index (χ2n) is 4.85. The highest BCUT2D eigenvalue weighted by Gasteiger charge is 2.33. The fraction of sp³-hybridized carbons (Fsp3) is 0.583. The van der Waals surface area contributed by atoms with Crippen molar-refractivity contribution >= 4 is 11.8 Å². The van der Waals surface area contributed by atoms with E-state index in [-0.39, 0.29) is 11.8 Å². The van der Waals surface area contributed by atoms with Gasteiger partial charge in [-0.15, -0.1) is 0 Å². The van der Waals surface area contributed by atoms with Crippen molar-refractivity contribution in [3.63, 3.8) is 0 Å². The summed E-state index contributed by atoms with van der Waals surface area (Å²) < 4.78 is 5.16. The zero-order valence-electron chi connectivity index (χ0n) is 10.2. The lowest BCUT2D eigenvalue weighted by Gasteiger charge is -2.32. The summed E-state index contributed by atoms with van der Waals surface area (Å²) in [5.74, 6) is 0.863. The van der Waals surface area contributed by atoms with Crippen molar-refractivity contribution in [2.24, 2.45) is 0 Å². The van der Waals surface area contributed by atoms with Gasteiger partial charge in [0.1, 0.15) is 11.8 Å². The minimum Gasteiger partial charge on any atom is -0.360 e. The molecular weight excluding hydrogens is 234 g/mol. The van der Waals surface area contributed by atoms with E-state index in [1.54, 1.807) is 13.0 Å². The monoisotopic (exact) mass is 249 g/mol. The van der Waals surface area contributed by atoms with Gasteiger partial charge >= 0.3 is 0 Å². The molecule has 96 valence electrons. The molecule has 1 saturated carbocycles. The fourth-order valence-electron chi connectivity index (χ4n) is 2.16. The number of aromatic nitrogens is 1. The lowest BCUT2D eigenvalue weighted by molar-refractivity contribution is -0.127. The predicted molar refractivity (Wildman–Crippen MR) is 62.0 cm³/mol. The van der Waals surface area contributed by atoms with Gasteiger partial charge in [0.25, 0.3) is 5.91 Å². The minimum atomic E-state index is -0.452. The zero-order chi connectivity index (χ0) is 12.7. The molecule has 1 N–H and O–H groups in total. The molecule has 1 unspecified atom stereocenters. The number of carbonyl (C=O) groups excluding carboxylic acids is 2. The number of hydrogen-bond donors (Lipinski definition) is 1. The molecule has 18 heavy (non-hydrogen) atoms. The molecule has 2 amide bonds. The third-order valence-electron chi connectivity index (χ3n) is 3.49. The molecule has 0 radical (unpaired) electrons. The lowest BCUT2D eigenvalue weighted by atomic mass is 10.2. The Morgan fingerprint density at radius 1 is 1.56 bits per heavy atom. The normalized spacial score (nSPS) is 23.9. The Balaban J connectivity index is 1.77. The van der Waals surface area contributed by atoms with E-state index < -0.39 is 6.04 Å². The number of piperazine rings is 1. The van der Waals surface area contributed by atoms with Gasteiger partial charge in [-0.3, -0.25) is 9.59 Å². The number of carbonyl (C=O) groups is 2. The molecule has 0 spiro atoms. The summed E-state index contributed by atoms with van der Waals surface area (Å²) in [6.45, 7) is 2.72. The molecule has 2 heterocycles. The van der Waals surface area contributed by atoms with Gasteiger partial charge in [0, 0.05) is 25.1 Å². The second-order valence-corrected chi connectivity index (χ2v) is 4.85. The van der Waals surface area contributed by atoms with Crippen molar-refractivity contribution in [2.75, 3.05) is 13.1 Å². The maximum atomic E-state index is 12.2. The van der Waals surface area contributed by atoms with Gasteiger partial charge in [0.15, 0.2) is 5.69 Å². The van der Waals surface area contributed by atoms with Crippen LogP contribution >= 0.6 is 0 Å². The molecule has 3 rings (SSSR count). The standard InChI is InChI=1S/C12H15N3O3/c1-7-11(16)13-4-5-15(7)12(17)9-6-10(18-14-9)8-2-3-8/h6-8H,2-5H2,1H3,(H,13,16). The maximum Gasteiger partial charge on any atom is 0.276 e. The van der Waals surface area contributed by atoms with E-state index in [1.807, 2.05) is 0 Å². The lowest BCUT2D eigenvalue weighted by Crippen LogP contribution is -2.55.